The Morgan fingerprint density at radius 1 is 1.58 bits per heavy atom. The van der Waals surface area contributed by atoms with E-state index in [4.69, 9.17) is 10.5 Å². The maximum atomic E-state index is 11.7. The molecule has 3 N–H and O–H groups in total. The normalized spacial score (nSPS) is 26.8. The van der Waals surface area contributed by atoms with E-state index in [1.807, 2.05) is 6.92 Å². The Morgan fingerprint density at radius 3 is 2.89 bits per heavy atom. The smallest absolute Gasteiger partial charge is 0.179 e. The van der Waals surface area contributed by atoms with Gasteiger partial charge in [0.1, 0.15) is 10.7 Å². The fourth-order valence-electron chi connectivity index (χ4n) is 2.18. The Bertz CT molecular complexity index is 545. The topological polar surface area (TPSA) is 94.3 Å². The van der Waals surface area contributed by atoms with E-state index in [1.165, 1.54) is 6.07 Å². The first-order valence-corrected chi connectivity index (χ1v) is 8.11. The quantitative estimate of drug-likeness (QED) is 0.813. The Hall–Kier alpha value is -1.18. The van der Waals surface area contributed by atoms with Crippen LogP contribution in [0.5, 0.6) is 0 Å². The zero-order valence-corrected chi connectivity index (χ0v) is 11.9. The van der Waals surface area contributed by atoms with Crippen molar-refractivity contribution in [3.8, 4) is 0 Å². The first-order valence-electron chi connectivity index (χ1n) is 6.22. The summed E-state index contributed by atoms with van der Waals surface area (Å²) in [5.41, 5.74) is 5.93. The summed E-state index contributed by atoms with van der Waals surface area (Å²) in [6, 6.07) is 2.98. The molecule has 1 aromatic rings. The van der Waals surface area contributed by atoms with Gasteiger partial charge in [-0.3, -0.25) is 0 Å². The van der Waals surface area contributed by atoms with Crippen molar-refractivity contribution in [1.29, 1.82) is 0 Å². The third-order valence-electron chi connectivity index (χ3n) is 3.22. The molecule has 1 heterocycles. The molecule has 0 amide bonds. The predicted octanol–water partition coefficient (Wildman–Crippen LogP) is 0.402. The van der Waals surface area contributed by atoms with Gasteiger partial charge in [-0.1, -0.05) is 0 Å². The molecule has 0 aromatic carbocycles. The van der Waals surface area contributed by atoms with Gasteiger partial charge in [0, 0.05) is 25.1 Å². The summed E-state index contributed by atoms with van der Waals surface area (Å²) in [7, 11) is -3.32. The first-order chi connectivity index (χ1) is 8.93. The minimum Gasteiger partial charge on any atom is -0.376 e. The van der Waals surface area contributed by atoms with Crippen LogP contribution in [0.2, 0.25) is 0 Å². The van der Waals surface area contributed by atoms with E-state index in [0.29, 0.717) is 12.4 Å². The van der Waals surface area contributed by atoms with Crippen LogP contribution in [0.1, 0.15) is 13.3 Å². The lowest BCUT2D eigenvalue weighted by Crippen LogP contribution is -2.60. The maximum Gasteiger partial charge on any atom is 0.179 e. The van der Waals surface area contributed by atoms with Crippen LogP contribution in [0.3, 0.4) is 0 Å². The highest BCUT2D eigenvalue weighted by Gasteiger charge is 2.40. The van der Waals surface area contributed by atoms with Crippen LogP contribution in [0.15, 0.2) is 23.2 Å². The highest BCUT2D eigenvalue weighted by atomic mass is 32.2. The van der Waals surface area contributed by atoms with Crippen molar-refractivity contribution in [2.75, 3.05) is 18.2 Å². The van der Waals surface area contributed by atoms with E-state index >= 15 is 0 Å². The standard InChI is InChI=1S/C12H19N3O3S/c1-3-18-9-7-8(13)11(9)15-12-10(19(2,16)17)5-4-6-14-12/h4-6,8-9,11H,3,7,13H2,1-2H3,(H,14,15). The van der Waals surface area contributed by atoms with Gasteiger partial charge >= 0.3 is 0 Å². The van der Waals surface area contributed by atoms with Gasteiger partial charge in [-0.25, -0.2) is 13.4 Å². The van der Waals surface area contributed by atoms with E-state index in [1.54, 1.807) is 12.3 Å². The van der Waals surface area contributed by atoms with Crippen LogP contribution >= 0.6 is 0 Å². The van der Waals surface area contributed by atoms with Crippen LogP contribution in [-0.2, 0) is 14.6 Å². The minimum atomic E-state index is -3.32. The molecule has 2 rings (SSSR count). The maximum absolute atomic E-state index is 11.7. The summed E-state index contributed by atoms with van der Waals surface area (Å²) in [4.78, 5) is 4.28. The lowest BCUT2D eigenvalue weighted by Gasteiger charge is -2.42. The highest BCUT2D eigenvalue weighted by molar-refractivity contribution is 7.90. The van der Waals surface area contributed by atoms with Gasteiger partial charge in [-0.2, -0.15) is 0 Å². The minimum absolute atomic E-state index is 0.00872. The number of pyridine rings is 1. The van der Waals surface area contributed by atoms with Gasteiger partial charge in [0.05, 0.1) is 12.1 Å². The fourth-order valence-corrected chi connectivity index (χ4v) is 2.97. The molecule has 0 radical (unpaired) electrons. The van der Waals surface area contributed by atoms with Crippen LogP contribution in [-0.4, -0.2) is 44.5 Å². The largest absolute Gasteiger partial charge is 0.376 e. The Kier molecular flexibility index (Phi) is 4.07. The third kappa shape index (κ3) is 3.05. The van der Waals surface area contributed by atoms with E-state index in [0.717, 1.165) is 12.7 Å². The summed E-state index contributed by atoms with van der Waals surface area (Å²) >= 11 is 0. The molecule has 1 aliphatic carbocycles. The number of ether oxygens (including phenoxy) is 1. The van der Waals surface area contributed by atoms with Gasteiger partial charge in [0.15, 0.2) is 9.84 Å². The monoisotopic (exact) mass is 285 g/mol. The molecule has 1 saturated carbocycles. The number of hydrogen-bond acceptors (Lipinski definition) is 6. The number of rotatable bonds is 5. The molecule has 7 heteroatoms. The number of aromatic nitrogens is 1. The lowest BCUT2D eigenvalue weighted by atomic mass is 9.83. The van der Waals surface area contributed by atoms with Crippen molar-refractivity contribution < 1.29 is 13.2 Å². The van der Waals surface area contributed by atoms with E-state index in [-0.39, 0.29) is 23.1 Å². The highest BCUT2D eigenvalue weighted by Crippen LogP contribution is 2.28. The van der Waals surface area contributed by atoms with E-state index in [2.05, 4.69) is 10.3 Å². The van der Waals surface area contributed by atoms with Gasteiger partial charge in [-0.05, 0) is 25.5 Å². The second-order valence-electron chi connectivity index (χ2n) is 4.69. The van der Waals surface area contributed by atoms with Crippen molar-refractivity contribution in [1.82, 2.24) is 4.98 Å². The SMILES string of the molecule is CCOC1CC(N)C1Nc1ncccc1S(C)(=O)=O. The zero-order valence-electron chi connectivity index (χ0n) is 11.0. The number of nitrogens with two attached hydrogens (primary N) is 1. The van der Waals surface area contributed by atoms with E-state index < -0.39 is 9.84 Å². The van der Waals surface area contributed by atoms with Crippen molar-refractivity contribution in [3.05, 3.63) is 18.3 Å². The number of hydrogen-bond donors (Lipinski definition) is 2. The van der Waals surface area contributed by atoms with Crippen LogP contribution in [0.25, 0.3) is 0 Å². The summed E-state index contributed by atoms with van der Waals surface area (Å²) in [6.45, 7) is 2.53. The number of sulfone groups is 1. The van der Waals surface area contributed by atoms with Gasteiger partial charge in [0.25, 0.3) is 0 Å². The number of nitrogens with zero attached hydrogens (tertiary/aromatic N) is 1. The van der Waals surface area contributed by atoms with Crippen molar-refractivity contribution in [2.24, 2.45) is 5.73 Å². The third-order valence-corrected chi connectivity index (χ3v) is 4.35. The van der Waals surface area contributed by atoms with Crippen molar-refractivity contribution >= 4 is 15.7 Å². The zero-order chi connectivity index (χ0) is 14.0. The number of nitrogens with one attached hydrogen (secondary N) is 1. The molecule has 1 aromatic heterocycles. The van der Waals surface area contributed by atoms with Crippen molar-refractivity contribution in [3.63, 3.8) is 0 Å². The molecule has 3 unspecified atom stereocenters. The average Bonchev–Trinajstić information content (AvgIpc) is 2.35. The summed E-state index contributed by atoms with van der Waals surface area (Å²) in [5.74, 6) is 0.342. The molecule has 106 valence electrons. The van der Waals surface area contributed by atoms with E-state index in [9.17, 15) is 8.42 Å². The molecule has 6 nitrogen and oxygen atoms in total. The Morgan fingerprint density at radius 2 is 2.32 bits per heavy atom. The summed E-state index contributed by atoms with van der Waals surface area (Å²) in [5, 5.41) is 3.10. The number of anilines is 1. The summed E-state index contributed by atoms with van der Waals surface area (Å²) in [6.07, 6.45) is 3.49. The molecule has 3 atom stereocenters. The van der Waals surface area contributed by atoms with Gasteiger partial charge in [0.2, 0.25) is 0 Å². The molecule has 1 aliphatic rings. The second-order valence-corrected chi connectivity index (χ2v) is 6.67. The van der Waals surface area contributed by atoms with Crippen LogP contribution in [0.4, 0.5) is 5.82 Å². The second kappa shape index (κ2) is 5.44. The Balaban J connectivity index is 2.20. The molecule has 0 aliphatic heterocycles. The van der Waals surface area contributed by atoms with Gasteiger partial charge in [-0.15, -0.1) is 0 Å². The Labute approximate surface area is 113 Å². The van der Waals surface area contributed by atoms with Crippen LogP contribution < -0.4 is 11.1 Å². The molecular formula is C12H19N3O3S. The molecular weight excluding hydrogens is 266 g/mol. The molecule has 0 spiro atoms. The van der Waals surface area contributed by atoms with Gasteiger partial charge < -0.3 is 15.8 Å². The molecule has 0 bridgehead atoms. The average molecular weight is 285 g/mol. The molecule has 1 fully saturated rings. The molecule has 19 heavy (non-hydrogen) atoms. The van der Waals surface area contributed by atoms with Crippen molar-refractivity contribution in [2.45, 2.75) is 36.4 Å². The summed E-state index contributed by atoms with van der Waals surface area (Å²) < 4.78 is 28.9. The fraction of sp³-hybridized carbons (Fsp3) is 0.583. The molecule has 0 saturated heterocycles. The lowest BCUT2D eigenvalue weighted by molar-refractivity contribution is -0.0128. The first kappa shape index (κ1) is 14.2. The van der Waals surface area contributed by atoms with Crippen LogP contribution in [0, 0.1) is 0 Å². The predicted molar refractivity (Wildman–Crippen MR) is 72.8 cm³/mol.